The minimum atomic E-state index is -3.56. The Balaban J connectivity index is 2.16. The van der Waals surface area contributed by atoms with Gasteiger partial charge in [0.15, 0.2) is 5.82 Å². The summed E-state index contributed by atoms with van der Waals surface area (Å²) in [5.74, 6) is 0.329. The maximum absolute atomic E-state index is 11.9. The first-order valence-corrected chi connectivity index (χ1v) is 7.30. The lowest BCUT2D eigenvalue weighted by atomic mass is 10.2. The van der Waals surface area contributed by atoms with Gasteiger partial charge in [0.1, 0.15) is 0 Å². The molecule has 0 saturated carbocycles. The van der Waals surface area contributed by atoms with Gasteiger partial charge in [-0.2, -0.15) is 5.10 Å². The molecule has 0 aliphatic heterocycles. The van der Waals surface area contributed by atoms with Crippen LogP contribution >= 0.6 is 0 Å². The third-order valence-electron chi connectivity index (χ3n) is 2.73. The number of hydrogen-bond acceptors (Lipinski definition) is 3. The molecule has 1 aromatic carbocycles. The Kier molecular flexibility index (Phi) is 3.71. The van der Waals surface area contributed by atoms with Crippen molar-refractivity contribution in [3.63, 3.8) is 0 Å². The number of nitrogens with one attached hydrogen (secondary N) is 2. The Labute approximate surface area is 112 Å². The lowest BCUT2D eigenvalue weighted by Gasteiger charge is -2.01. The molecule has 0 unspecified atom stereocenters. The number of H-pyrrole nitrogens is 1. The molecule has 2 rings (SSSR count). The van der Waals surface area contributed by atoms with Crippen LogP contribution < -0.4 is 4.72 Å². The second-order valence-electron chi connectivity index (χ2n) is 4.18. The fourth-order valence-electron chi connectivity index (χ4n) is 1.49. The topological polar surface area (TPSA) is 74.8 Å². The average Bonchev–Trinajstić information content (AvgIpc) is 2.69. The number of hydrogen-bond donors (Lipinski definition) is 2. The van der Waals surface area contributed by atoms with Gasteiger partial charge in [-0.1, -0.05) is 30.3 Å². The van der Waals surface area contributed by atoms with E-state index in [-0.39, 0.29) is 0 Å². The van der Waals surface area contributed by atoms with Crippen LogP contribution in [-0.4, -0.2) is 18.6 Å². The standard InChI is InChI=1S/C13H15N3O2S/c1-10-11(2)14-15-13(10)16-19(17,18)9-8-12-6-4-3-5-7-12/h3-9H,1-2H3,(H2,14,15,16)/b9-8+. The fraction of sp³-hybridized carbons (Fsp3) is 0.154. The van der Waals surface area contributed by atoms with Crippen molar-refractivity contribution < 1.29 is 8.42 Å². The number of nitrogens with zero attached hydrogens (tertiary/aromatic N) is 1. The molecular formula is C13H15N3O2S. The molecule has 0 aliphatic rings. The minimum absolute atomic E-state index is 0.329. The first-order chi connectivity index (χ1) is 8.98. The second-order valence-corrected chi connectivity index (χ2v) is 5.75. The van der Waals surface area contributed by atoms with E-state index >= 15 is 0 Å². The van der Waals surface area contributed by atoms with Crippen molar-refractivity contribution in [1.29, 1.82) is 0 Å². The summed E-state index contributed by atoms with van der Waals surface area (Å²) in [5.41, 5.74) is 2.45. The van der Waals surface area contributed by atoms with Crippen LogP contribution in [0.1, 0.15) is 16.8 Å². The second kappa shape index (κ2) is 5.27. The molecule has 0 amide bonds. The predicted octanol–water partition coefficient (Wildman–Crippen LogP) is 2.44. The maximum atomic E-state index is 11.9. The van der Waals surface area contributed by atoms with Crippen molar-refractivity contribution in [2.24, 2.45) is 0 Å². The number of benzene rings is 1. The normalized spacial score (nSPS) is 11.9. The largest absolute Gasteiger partial charge is 0.280 e. The summed E-state index contributed by atoms with van der Waals surface area (Å²) >= 11 is 0. The molecule has 100 valence electrons. The smallest absolute Gasteiger partial charge is 0.256 e. The molecule has 0 bridgehead atoms. The first kappa shape index (κ1) is 13.4. The molecule has 2 aromatic rings. The van der Waals surface area contributed by atoms with Crippen LogP contribution in [0.25, 0.3) is 6.08 Å². The Morgan fingerprint density at radius 3 is 2.47 bits per heavy atom. The number of aromatic nitrogens is 2. The average molecular weight is 277 g/mol. The molecule has 0 fully saturated rings. The highest BCUT2D eigenvalue weighted by Gasteiger charge is 2.11. The lowest BCUT2D eigenvalue weighted by Crippen LogP contribution is -2.10. The number of aromatic amines is 1. The zero-order chi connectivity index (χ0) is 13.9. The van der Waals surface area contributed by atoms with Gasteiger partial charge in [-0.15, -0.1) is 0 Å². The van der Waals surface area contributed by atoms with E-state index in [1.165, 1.54) is 6.08 Å². The number of aryl methyl sites for hydroxylation is 1. The molecule has 0 atom stereocenters. The van der Waals surface area contributed by atoms with Crippen molar-refractivity contribution in [2.75, 3.05) is 4.72 Å². The van der Waals surface area contributed by atoms with Gasteiger partial charge in [0.25, 0.3) is 10.0 Å². The lowest BCUT2D eigenvalue weighted by molar-refractivity contribution is 0.609. The van der Waals surface area contributed by atoms with E-state index in [0.29, 0.717) is 5.82 Å². The van der Waals surface area contributed by atoms with Gasteiger partial charge in [-0.25, -0.2) is 8.42 Å². The van der Waals surface area contributed by atoms with Crippen LogP contribution in [0.4, 0.5) is 5.82 Å². The third kappa shape index (κ3) is 3.45. The summed E-state index contributed by atoms with van der Waals surface area (Å²) in [5, 5.41) is 7.77. The third-order valence-corrected chi connectivity index (χ3v) is 3.70. The van der Waals surface area contributed by atoms with E-state index in [1.54, 1.807) is 6.92 Å². The highest BCUT2D eigenvalue weighted by atomic mass is 32.2. The molecule has 1 aromatic heterocycles. The summed E-state index contributed by atoms with van der Waals surface area (Å²) in [6.07, 6.45) is 1.54. The van der Waals surface area contributed by atoms with Crippen molar-refractivity contribution in [2.45, 2.75) is 13.8 Å². The summed E-state index contributed by atoms with van der Waals surface area (Å²) in [7, 11) is -3.56. The molecule has 19 heavy (non-hydrogen) atoms. The van der Waals surface area contributed by atoms with E-state index in [1.807, 2.05) is 37.3 Å². The SMILES string of the molecule is Cc1[nH]nc(NS(=O)(=O)/C=C/c2ccccc2)c1C. The van der Waals surface area contributed by atoms with Gasteiger partial charge in [0.05, 0.1) is 5.41 Å². The Morgan fingerprint density at radius 2 is 1.89 bits per heavy atom. The predicted molar refractivity (Wildman–Crippen MR) is 76.1 cm³/mol. The Morgan fingerprint density at radius 1 is 1.21 bits per heavy atom. The van der Waals surface area contributed by atoms with Crippen molar-refractivity contribution in [3.8, 4) is 0 Å². The highest BCUT2D eigenvalue weighted by molar-refractivity contribution is 7.95. The highest BCUT2D eigenvalue weighted by Crippen LogP contribution is 2.16. The van der Waals surface area contributed by atoms with E-state index < -0.39 is 10.0 Å². The van der Waals surface area contributed by atoms with Crippen LogP contribution in [0.2, 0.25) is 0 Å². The number of rotatable bonds is 4. The van der Waals surface area contributed by atoms with Crippen molar-refractivity contribution in [3.05, 3.63) is 52.6 Å². The fourth-order valence-corrected chi connectivity index (χ4v) is 2.36. The Hall–Kier alpha value is -2.08. The Bertz CT molecular complexity index is 688. The molecule has 5 nitrogen and oxygen atoms in total. The van der Waals surface area contributed by atoms with Crippen LogP contribution in [0.15, 0.2) is 35.7 Å². The van der Waals surface area contributed by atoms with Crippen LogP contribution in [-0.2, 0) is 10.0 Å². The van der Waals surface area contributed by atoms with E-state index in [9.17, 15) is 8.42 Å². The van der Waals surface area contributed by atoms with Crippen LogP contribution in [0.5, 0.6) is 0 Å². The first-order valence-electron chi connectivity index (χ1n) is 5.75. The van der Waals surface area contributed by atoms with Gasteiger partial charge in [-0.05, 0) is 25.5 Å². The zero-order valence-electron chi connectivity index (χ0n) is 10.7. The molecule has 0 saturated heterocycles. The molecule has 2 N–H and O–H groups in total. The van der Waals surface area contributed by atoms with Gasteiger partial charge in [0.2, 0.25) is 0 Å². The van der Waals surface area contributed by atoms with E-state index in [4.69, 9.17) is 0 Å². The molecule has 1 heterocycles. The molecule has 6 heteroatoms. The van der Waals surface area contributed by atoms with Gasteiger partial charge >= 0.3 is 0 Å². The van der Waals surface area contributed by atoms with Gasteiger partial charge in [-0.3, -0.25) is 9.82 Å². The number of anilines is 1. The summed E-state index contributed by atoms with van der Waals surface area (Å²) in [6, 6.07) is 9.23. The van der Waals surface area contributed by atoms with Crippen molar-refractivity contribution >= 4 is 21.9 Å². The molecule has 0 aliphatic carbocycles. The molecular weight excluding hydrogens is 262 g/mol. The maximum Gasteiger partial charge on any atom is 0.256 e. The van der Waals surface area contributed by atoms with E-state index in [2.05, 4.69) is 14.9 Å². The van der Waals surface area contributed by atoms with Crippen molar-refractivity contribution in [1.82, 2.24) is 10.2 Å². The quantitative estimate of drug-likeness (QED) is 0.901. The summed E-state index contributed by atoms with van der Waals surface area (Å²) in [4.78, 5) is 0. The van der Waals surface area contributed by atoms with Gasteiger partial charge < -0.3 is 0 Å². The minimum Gasteiger partial charge on any atom is -0.280 e. The van der Waals surface area contributed by atoms with Crippen LogP contribution in [0.3, 0.4) is 0 Å². The van der Waals surface area contributed by atoms with E-state index in [0.717, 1.165) is 22.2 Å². The molecule has 0 spiro atoms. The van der Waals surface area contributed by atoms with Crippen LogP contribution in [0, 0.1) is 13.8 Å². The number of sulfonamides is 1. The summed E-state index contributed by atoms with van der Waals surface area (Å²) < 4.78 is 26.2. The monoisotopic (exact) mass is 277 g/mol. The zero-order valence-corrected chi connectivity index (χ0v) is 11.5. The van der Waals surface area contributed by atoms with Gasteiger partial charge in [0, 0.05) is 11.3 Å². The molecule has 0 radical (unpaired) electrons. The summed E-state index contributed by atoms with van der Waals surface area (Å²) in [6.45, 7) is 3.64.